The fraction of sp³-hybridized carbons (Fsp3) is 0.409. The summed E-state index contributed by atoms with van der Waals surface area (Å²) in [5, 5.41) is 11.9. The van der Waals surface area contributed by atoms with Gasteiger partial charge < -0.3 is 10.4 Å². The summed E-state index contributed by atoms with van der Waals surface area (Å²) in [5.74, 6) is -2.69. The molecule has 0 aromatic heterocycles. The van der Waals surface area contributed by atoms with Crippen molar-refractivity contribution in [2.75, 3.05) is 5.32 Å². The molecule has 1 amide bonds. The molecule has 1 saturated carbocycles. The topological polar surface area (TPSA) is 49.3 Å². The van der Waals surface area contributed by atoms with Crippen LogP contribution in [0.4, 0.5) is 36.4 Å². The maximum Gasteiger partial charge on any atom is 0.416 e. The van der Waals surface area contributed by atoms with Gasteiger partial charge in [0.2, 0.25) is 5.91 Å². The van der Waals surface area contributed by atoms with E-state index in [1.807, 2.05) is 0 Å². The van der Waals surface area contributed by atoms with Crippen LogP contribution < -0.4 is 5.32 Å². The summed E-state index contributed by atoms with van der Waals surface area (Å²) in [4.78, 5) is 12.6. The zero-order valence-corrected chi connectivity index (χ0v) is 16.7. The van der Waals surface area contributed by atoms with Gasteiger partial charge in [0.05, 0.1) is 23.4 Å². The van der Waals surface area contributed by atoms with Crippen molar-refractivity contribution in [1.29, 1.82) is 0 Å². The van der Waals surface area contributed by atoms with Crippen LogP contribution >= 0.6 is 0 Å². The van der Waals surface area contributed by atoms with Crippen LogP contribution in [0.15, 0.2) is 36.4 Å². The van der Waals surface area contributed by atoms with Crippen molar-refractivity contribution in [1.82, 2.24) is 0 Å². The van der Waals surface area contributed by atoms with E-state index in [-0.39, 0.29) is 23.6 Å². The molecule has 1 aliphatic carbocycles. The average molecular weight is 463 g/mol. The van der Waals surface area contributed by atoms with Gasteiger partial charge >= 0.3 is 12.4 Å². The lowest BCUT2D eigenvalue weighted by Gasteiger charge is -2.30. The van der Waals surface area contributed by atoms with Crippen LogP contribution in [0.1, 0.15) is 53.9 Å². The minimum atomic E-state index is -4.72. The van der Waals surface area contributed by atoms with Gasteiger partial charge in [-0.2, -0.15) is 26.3 Å². The minimum Gasteiger partial charge on any atom is -0.392 e. The molecule has 0 bridgehead atoms. The third-order valence-electron chi connectivity index (χ3n) is 5.68. The van der Waals surface area contributed by atoms with Crippen molar-refractivity contribution >= 4 is 11.6 Å². The molecule has 0 saturated heterocycles. The van der Waals surface area contributed by atoms with E-state index in [0.717, 1.165) is 18.2 Å². The highest BCUT2D eigenvalue weighted by atomic mass is 19.4. The molecule has 2 aromatic rings. The van der Waals surface area contributed by atoms with Gasteiger partial charge in [-0.1, -0.05) is 12.5 Å². The van der Waals surface area contributed by atoms with Crippen molar-refractivity contribution in [2.24, 2.45) is 5.92 Å². The van der Waals surface area contributed by atoms with Crippen LogP contribution in [0.25, 0.3) is 0 Å². The molecule has 174 valence electrons. The molecule has 2 N–H and O–H groups in total. The van der Waals surface area contributed by atoms with Crippen LogP contribution in [-0.4, -0.2) is 11.0 Å². The second-order valence-electron chi connectivity index (χ2n) is 7.81. The summed E-state index contributed by atoms with van der Waals surface area (Å²) < 4.78 is 90.9. The SMILES string of the molecule is O=C(Nc1ccc(C(F)(F)F)cc1F)C1CCCC(c2ccc(C(F)(F)F)cc2CO)C1. The zero-order valence-electron chi connectivity index (χ0n) is 16.7. The van der Waals surface area contributed by atoms with Gasteiger partial charge in [-0.25, -0.2) is 4.39 Å². The first-order chi connectivity index (χ1) is 14.9. The van der Waals surface area contributed by atoms with Gasteiger partial charge in [-0.05, 0) is 66.6 Å². The highest BCUT2D eigenvalue weighted by Gasteiger charge is 2.34. The summed E-state index contributed by atoms with van der Waals surface area (Å²) >= 11 is 0. The number of hydrogen-bond donors (Lipinski definition) is 2. The molecule has 10 heteroatoms. The molecule has 0 spiro atoms. The molecule has 2 unspecified atom stereocenters. The van der Waals surface area contributed by atoms with Crippen molar-refractivity contribution in [2.45, 2.75) is 50.6 Å². The molecule has 1 aliphatic rings. The number of amides is 1. The largest absolute Gasteiger partial charge is 0.416 e. The summed E-state index contributed by atoms with van der Waals surface area (Å²) in [6, 6.07) is 4.92. The van der Waals surface area contributed by atoms with Gasteiger partial charge in [0, 0.05) is 5.92 Å². The van der Waals surface area contributed by atoms with Crippen LogP contribution in [0.2, 0.25) is 0 Å². The smallest absolute Gasteiger partial charge is 0.392 e. The van der Waals surface area contributed by atoms with Crippen LogP contribution in [0.5, 0.6) is 0 Å². The monoisotopic (exact) mass is 463 g/mol. The Labute approximate surface area is 179 Å². The number of aliphatic hydroxyl groups excluding tert-OH is 1. The van der Waals surface area contributed by atoms with Crippen LogP contribution in [0, 0.1) is 11.7 Å². The molecular formula is C22H20F7NO2. The number of carbonyl (C=O) groups excluding carboxylic acids is 1. The zero-order chi connectivity index (χ0) is 23.7. The first kappa shape index (κ1) is 24.0. The fourth-order valence-corrected chi connectivity index (χ4v) is 4.06. The van der Waals surface area contributed by atoms with Gasteiger partial charge in [-0.3, -0.25) is 4.79 Å². The average Bonchev–Trinajstić information content (AvgIpc) is 2.73. The number of benzene rings is 2. The number of anilines is 1. The normalized spacial score (nSPS) is 19.6. The predicted molar refractivity (Wildman–Crippen MR) is 102 cm³/mol. The molecule has 32 heavy (non-hydrogen) atoms. The molecule has 1 fully saturated rings. The van der Waals surface area contributed by atoms with E-state index in [9.17, 15) is 40.6 Å². The van der Waals surface area contributed by atoms with Crippen molar-refractivity contribution < 1.29 is 40.6 Å². The molecule has 0 radical (unpaired) electrons. The second-order valence-corrected chi connectivity index (χ2v) is 7.81. The van der Waals surface area contributed by atoms with Crippen molar-refractivity contribution in [3.05, 3.63) is 64.5 Å². The Balaban J connectivity index is 1.74. The van der Waals surface area contributed by atoms with E-state index < -0.39 is 47.7 Å². The highest BCUT2D eigenvalue weighted by Crippen LogP contribution is 2.40. The van der Waals surface area contributed by atoms with Gasteiger partial charge in [0.1, 0.15) is 5.82 Å². The van der Waals surface area contributed by atoms with Gasteiger partial charge in [0.25, 0.3) is 0 Å². The Morgan fingerprint density at radius 3 is 2.19 bits per heavy atom. The number of hydrogen-bond acceptors (Lipinski definition) is 2. The second kappa shape index (κ2) is 9.09. The van der Waals surface area contributed by atoms with E-state index in [2.05, 4.69) is 5.32 Å². The molecule has 0 heterocycles. The summed E-state index contributed by atoms with van der Waals surface area (Å²) in [7, 11) is 0. The summed E-state index contributed by atoms with van der Waals surface area (Å²) in [6.45, 7) is -0.594. The van der Waals surface area contributed by atoms with Gasteiger partial charge in [-0.15, -0.1) is 0 Å². The number of halogens is 7. The Hall–Kier alpha value is -2.62. The molecule has 3 rings (SSSR count). The highest BCUT2D eigenvalue weighted by molar-refractivity contribution is 5.92. The Morgan fingerprint density at radius 1 is 0.969 bits per heavy atom. The molecule has 0 aliphatic heterocycles. The third-order valence-corrected chi connectivity index (χ3v) is 5.68. The fourth-order valence-electron chi connectivity index (χ4n) is 4.06. The lowest BCUT2D eigenvalue weighted by atomic mass is 9.76. The molecule has 2 aromatic carbocycles. The van der Waals surface area contributed by atoms with Crippen molar-refractivity contribution in [3.63, 3.8) is 0 Å². The van der Waals surface area contributed by atoms with Gasteiger partial charge in [0.15, 0.2) is 0 Å². The van der Waals surface area contributed by atoms with E-state index in [1.165, 1.54) is 6.07 Å². The number of carbonyl (C=O) groups is 1. The Kier molecular flexibility index (Phi) is 6.83. The first-order valence-electron chi connectivity index (χ1n) is 9.88. The summed E-state index contributed by atoms with van der Waals surface area (Å²) in [5.41, 5.74) is -1.80. The third kappa shape index (κ3) is 5.40. The first-order valence-corrected chi connectivity index (χ1v) is 9.88. The number of aliphatic hydroxyl groups is 1. The minimum absolute atomic E-state index is 0.125. The molecule has 2 atom stereocenters. The number of nitrogens with one attached hydrogen (secondary N) is 1. The maximum absolute atomic E-state index is 14.0. The quantitative estimate of drug-likeness (QED) is 0.526. The molecule has 3 nitrogen and oxygen atoms in total. The summed E-state index contributed by atoms with van der Waals surface area (Å²) in [6.07, 6.45) is -7.40. The maximum atomic E-state index is 14.0. The van der Waals surface area contributed by atoms with E-state index in [0.29, 0.717) is 37.0 Å². The predicted octanol–water partition coefficient (Wildman–Crippen LogP) is 6.27. The lowest BCUT2D eigenvalue weighted by Crippen LogP contribution is -2.28. The number of rotatable bonds is 4. The van der Waals surface area contributed by atoms with E-state index in [1.54, 1.807) is 0 Å². The lowest BCUT2D eigenvalue weighted by molar-refractivity contribution is -0.138. The van der Waals surface area contributed by atoms with Crippen LogP contribution in [0.3, 0.4) is 0 Å². The Bertz CT molecular complexity index is 985. The number of alkyl halides is 6. The molecular weight excluding hydrogens is 443 g/mol. The van der Waals surface area contributed by atoms with Crippen LogP contribution in [-0.2, 0) is 23.8 Å². The van der Waals surface area contributed by atoms with E-state index >= 15 is 0 Å². The van der Waals surface area contributed by atoms with E-state index in [4.69, 9.17) is 0 Å². The standard InChI is InChI=1S/C22H20F7NO2/c23-18-10-16(22(27,28)29)5-7-19(18)30-20(32)13-3-1-2-12(8-13)17-6-4-15(21(24,25)26)9-14(17)11-31/h4-7,9-10,12-13,31H,1-3,8,11H2,(H,30,32). The van der Waals surface area contributed by atoms with Crippen molar-refractivity contribution in [3.8, 4) is 0 Å². The Morgan fingerprint density at radius 2 is 1.59 bits per heavy atom.